The van der Waals surface area contributed by atoms with Crippen molar-refractivity contribution in [2.45, 2.75) is 13.8 Å². The van der Waals surface area contributed by atoms with E-state index in [0.29, 0.717) is 11.1 Å². The molecule has 0 unspecified atom stereocenters. The molecule has 0 aliphatic carbocycles. The molecule has 0 saturated heterocycles. The van der Waals surface area contributed by atoms with Gasteiger partial charge in [-0.1, -0.05) is 12.5 Å². The van der Waals surface area contributed by atoms with E-state index in [0.717, 1.165) is 11.1 Å². The van der Waals surface area contributed by atoms with E-state index < -0.39 is 0 Å². The van der Waals surface area contributed by atoms with Crippen LogP contribution in [0.5, 0.6) is 0 Å². The van der Waals surface area contributed by atoms with Crippen molar-refractivity contribution in [3.05, 3.63) is 35.1 Å². The maximum Gasteiger partial charge on any atom is 0.260 e. The SMILES string of the molecule is C#C/C(C(=O)NC)=C(C(=C)C)\C(C)=C/NC. The average Bonchev–Trinajstić information content (AvgIpc) is 2.24. The molecule has 1 amide bonds. The van der Waals surface area contributed by atoms with E-state index in [2.05, 4.69) is 23.1 Å². The lowest BCUT2D eigenvalue weighted by Gasteiger charge is -2.11. The third-order valence-corrected chi connectivity index (χ3v) is 2.03. The van der Waals surface area contributed by atoms with Gasteiger partial charge in [0.05, 0.1) is 5.57 Å². The Hall–Kier alpha value is -1.95. The third-order valence-electron chi connectivity index (χ3n) is 2.03. The van der Waals surface area contributed by atoms with Gasteiger partial charge in [-0.15, -0.1) is 6.42 Å². The molecular weight excluding hydrogens is 200 g/mol. The fourth-order valence-corrected chi connectivity index (χ4v) is 1.41. The molecule has 2 N–H and O–H groups in total. The van der Waals surface area contributed by atoms with Gasteiger partial charge in [-0.3, -0.25) is 4.79 Å². The highest BCUT2D eigenvalue weighted by Gasteiger charge is 2.14. The monoisotopic (exact) mass is 218 g/mol. The summed E-state index contributed by atoms with van der Waals surface area (Å²) in [6, 6.07) is 0. The van der Waals surface area contributed by atoms with Crippen molar-refractivity contribution in [2.24, 2.45) is 0 Å². The molecule has 86 valence electrons. The molecular formula is C13H18N2O. The summed E-state index contributed by atoms with van der Waals surface area (Å²) >= 11 is 0. The van der Waals surface area contributed by atoms with E-state index >= 15 is 0 Å². The van der Waals surface area contributed by atoms with Gasteiger partial charge in [0.2, 0.25) is 0 Å². The van der Waals surface area contributed by atoms with Crippen molar-refractivity contribution in [2.75, 3.05) is 14.1 Å². The largest absolute Gasteiger partial charge is 0.394 e. The van der Waals surface area contributed by atoms with Crippen molar-refractivity contribution in [1.29, 1.82) is 0 Å². The number of nitrogens with one attached hydrogen (secondary N) is 2. The quantitative estimate of drug-likeness (QED) is 0.425. The molecule has 0 fully saturated rings. The lowest BCUT2D eigenvalue weighted by molar-refractivity contribution is -0.116. The van der Waals surface area contributed by atoms with Crippen molar-refractivity contribution >= 4 is 5.91 Å². The van der Waals surface area contributed by atoms with Gasteiger partial charge in [-0.2, -0.15) is 0 Å². The van der Waals surface area contributed by atoms with Gasteiger partial charge >= 0.3 is 0 Å². The molecule has 0 bridgehead atoms. The number of hydrogen-bond acceptors (Lipinski definition) is 2. The standard InChI is InChI=1S/C13H18N2O/c1-7-11(13(16)15-6)12(9(2)3)10(4)8-14-5/h1,8,14H,2H2,3-6H3,(H,15,16)/b10-8-,12-11+. The second-order valence-electron chi connectivity index (χ2n) is 3.37. The summed E-state index contributed by atoms with van der Waals surface area (Å²) in [7, 11) is 3.34. The maximum absolute atomic E-state index is 11.6. The minimum absolute atomic E-state index is 0.274. The molecule has 0 spiro atoms. The molecule has 0 aromatic heterocycles. The summed E-state index contributed by atoms with van der Waals surface area (Å²) in [5, 5.41) is 5.42. The Kier molecular flexibility index (Phi) is 5.72. The fraction of sp³-hybridized carbons (Fsp3) is 0.308. The number of hydrogen-bond donors (Lipinski definition) is 2. The number of rotatable bonds is 4. The summed E-state index contributed by atoms with van der Waals surface area (Å²) in [5.41, 5.74) is 2.65. The van der Waals surface area contributed by atoms with Crippen LogP contribution < -0.4 is 10.6 Å². The van der Waals surface area contributed by atoms with Crippen molar-refractivity contribution < 1.29 is 4.79 Å². The van der Waals surface area contributed by atoms with Crippen LogP contribution in [0, 0.1) is 12.3 Å². The Morgan fingerprint density at radius 2 is 1.94 bits per heavy atom. The topological polar surface area (TPSA) is 41.1 Å². The number of terminal acetylenes is 1. The van der Waals surface area contributed by atoms with Crippen LogP contribution in [0.4, 0.5) is 0 Å². The molecule has 0 aromatic carbocycles. The summed E-state index contributed by atoms with van der Waals surface area (Å²) in [5.74, 6) is 2.14. The van der Waals surface area contributed by atoms with Gasteiger partial charge in [-0.05, 0) is 31.2 Å². The zero-order valence-corrected chi connectivity index (χ0v) is 10.3. The Bertz CT molecular complexity index is 395. The molecule has 0 atom stereocenters. The smallest absolute Gasteiger partial charge is 0.260 e. The van der Waals surface area contributed by atoms with Crippen LogP contribution in [0.15, 0.2) is 35.1 Å². The first kappa shape index (κ1) is 14.1. The number of carbonyl (C=O) groups is 1. The highest BCUT2D eigenvalue weighted by atomic mass is 16.1. The minimum atomic E-state index is -0.274. The Morgan fingerprint density at radius 3 is 2.25 bits per heavy atom. The van der Waals surface area contributed by atoms with E-state index in [1.165, 1.54) is 0 Å². The minimum Gasteiger partial charge on any atom is -0.394 e. The molecule has 0 aliphatic rings. The van der Waals surface area contributed by atoms with E-state index in [1.54, 1.807) is 20.3 Å². The zero-order valence-electron chi connectivity index (χ0n) is 10.3. The van der Waals surface area contributed by atoms with E-state index in [4.69, 9.17) is 6.42 Å². The third kappa shape index (κ3) is 3.32. The van der Waals surface area contributed by atoms with Crippen LogP contribution >= 0.6 is 0 Å². The highest BCUT2D eigenvalue weighted by molar-refractivity contribution is 5.99. The van der Waals surface area contributed by atoms with Gasteiger partial charge in [0.15, 0.2) is 0 Å². The number of amides is 1. The Labute approximate surface area is 97.3 Å². The molecule has 3 nitrogen and oxygen atoms in total. The number of allylic oxidation sites excluding steroid dienone is 3. The Morgan fingerprint density at radius 1 is 1.38 bits per heavy atom. The summed E-state index contributed by atoms with van der Waals surface area (Å²) in [6.07, 6.45) is 7.15. The van der Waals surface area contributed by atoms with E-state index in [1.807, 2.05) is 13.8 Å². The molecule has 3 heteroatoms. The number of carbonyl (C=O) groups excluding carboxylic acids is 1. The van der Waals surface area contributed by atoms with Crippen molar-refractivity contribution in [3.63, 3.8) is 0 Å². The van der Waals surface area contributed by atoms with Gasteiger partial charge in [-0.25, -0.2) is 0 Å². The molecule has 0 aromatic rings. The average molecular weight is 218 g/mol. The highest BCUT2D eigenvalue weighted by Crippen LogP contribution is 2.21. The van der Waals surface area contributed by atoms with Gasteiger partial charge < -0.3 is 10.6 Å². The van der Waals surface area contributed by atoms with Crippen molar-refractivity contribution in [3.8, 4) is 12.3 Å². The lowest BCUT2D eigenvalue weighted by atomic mass is 9.95. The first-order valence-corrected chi connectivity index (χ1v) is 4.92. The molecule has 0 aliphatic heterocycles. The molecule has 16 heavy (non-hydrogen) atoms. The second kappa shape index (κ2) is 6.52. The Balaban J connectivity index is 5.73. The van der Waals surface area contributed by atoms with Crippen LogP contribution in [0.1, 0.15) is 13.8 Å². The van der Waals surface area contributed by atoms with E-state index in [9.17, 15) is 4.79 Å². The lowest BCUT2D eigenvalue weighted by Crippen LogP contribution is -2.21. The van der Waals surface area contributed by atoms with Crippen LogP contribution in [0.25, 0.3) is 0 Å². The summed E-state index contributed by atoms with van der Waals surface area (Å²) in [4.78, 5) is 11.6. The second-order valence-corrected chi connectivity index (χ2v) is 3.37. The van der Waals surface area contributed by atoms with Crippen LogP contribution in [0.2, 0.25) is 0 Å². The fourth-order valence-electron chi connectivity index (χ4n) is 1.41. The maximum atomic E-state index is 11.6. The first-order chi connectivity index (χ1) is 7.49. The summed E-state index contributed by atoms with van der Waals surface area (Å²) < 4.78 is 0. The van der Waals surface area contributed by atoms with Gasteiger partial charge in [0.25, 0.3) is 5.91 Å². The molecule has 0 saturated carbocycles. The van der Waals surface area contributed by atoms with Crippen LogP contribution in [-0.2, 0) is 4.79 Å². The van der Waals surface area contributed by atoms with E-state index in [-0.39, 0.29) is 5.91 Å². The predicted octanol–water partition coefficient (Wildman–Crippen LogP) is 1.36. The molecule has 0 rings (SSSR count). The predicted molar refractivity (Wildman–Crippen MR) is 67.6 cm³/mol. The zero-order chi connectivity index (χ0) is 12.7. The molecule has 0 radical (unpaired) electrons. The van der Waals surface area contributed by atoms with Crippen LogP contribution in [-0.4, -0.2) is 20.0 Å². The van der Waals surface area contributed by atoms with Crippen molar-refractivity contribution in [1.82, 2.24) is 10.6 Å². The first-order valence-electron chi connectivity index (χ1n) is 4.92. The summed E-state index contributed by atoms with van der Waals surface area (Å²) in [6.45, 7) is 7.54. The van der Waals surface area contributed by atoms with Crippen LogP contribution in [0.3, 0.4) is 0 Å². The molecule has 0 heterocycles. The van der Waals surface area contributed by atoms with Gasteiger partial charge in [0.1, 0.15) is 0 Å². The van der Waals surface area contributed by atoms with Gasteiger partial charge in [0, 0.05) is 19.7 Å². The normalized spacial score (nSPS) is 12.3. The number of likely N-dealkylation sites (N-methyl/N-ethyl adjacent to an activating group) is 1.